The standard InChI is InChI=1S/C13H22Br2O2/c14-10-12(11-15)6-2-1-4-8-16-13-7-3-5-9-17-13/h6,13H,1-5,7-11H2. The molecule has 1 aliphatic rings. The molecule has 17 heavy (non-hydrogen) atoms. The molecule has 1 aliphatic heterocycles. The van der Waals surface area contributed by atoms with Gasteiger partial charge in [-0.15, -0.1) is 0 Å². The van der Waals surface area contributed by atoms with E-state index in [-0.39, 0.29) is 6.29 Å². The van der Waals surface area contributed by atoms with Gasteiger partial charge in [0.2, 0.25) is 0 Å². The lowest BCUT2D eigenvalue weighted by Crippen LogP contribution is -2.22. The second-order valence-electron chi connectivity index (χ2n) is 4.29. The predicted molar refractivity (Wildman–Crippen MR) is 79.1 cm³/mol. The van der Waals surface area contributed by atoms with E-state index >= 15 is 0 Å². The van der Waals surface area contributed by atoms with Crippen molar-refractivity contribution < 1.29 is 9.47 Å². The summed E-state index contributed by atoms with van der Waals surface area (Å²) in [5, 5.41) is 1.93. The van der Waals surface area contributed by atoms with E-state index in [2.05, 4.69) is 37.9 Å². The van der Waals surface area contributed by atoms with Crippen molar-refractivity contribution in [1.82, 2.24) is 0 Å². The maximum absolute atomic E-state index is 5.68. The highest BCUT2D eigenvalue weighted by molar-refractivity contribution is 9.10. The zero-order valence-corrected chi connectivity index (χ0v) is 13.5. The fourth-order valence-electron chi connectivity index (χ4n) is 1.75. The molecule has 1 heterocycles. The Bertz CT molecular complexity index is 207. The molecule has 0 aromatic rings. The lowest BCUT2D eigenvalue weighted by atomic mass is 10.2. The molecule has 1 fully saturated rings. The molecule has 1 rings (SSSR count). The number of hydrogen-bond acceptors (Lipinski definition) is 2. The first-order valence-electron chi connectivity index (χ1n) is 6.40. The number of hydrogen-bond donors (Lipinski definition) is 0. The SMILES string of the molecule is BrCC(=CCCCCOC1CCCCO1)CBr. The van der Waals surface area contributed by atoms with Gasteiger partial charge in [-0.05, 0) is 38.5 Å². The third-order valence-corrected chi connectivity index (χ3v) is 4.26. The molecule has 2 nitrogen and oxygen atoms in total. The summed E-state index contributed by atoms with van der Waals surface area (Å²) in [6.45, 7) is 1.70. The van der Waals surface area contributed by atoms with E-state index in [0.29, 0.717) is 0 Å². The number of halogens is 2. The van der Waals surface area contributed by atoms with Crippen LogP contribution in [0.15, 0.2) is 11.6 Å². The molecule has 4 heteroatoms. The molecule has 0 spiro atoms. The van der Waals surface area contributed by atoms with Crippen LogP contribution < -0.4 is 0 Å². The first kappa shape index (κ1) is 15.7. The summed E-state index contributed by atoms with van der Waals surface area (Å²) in [5.74, 6) is 0. The Hall–Kier alpha value is 0.620. The van der Waals surface area contributed by atoms with Gasteiger partial charge in [-0.1, -0.05) is 43.5 Å². The quantitative estimate of drug-likeness (QED) is 0.358. The molecule has 0 radical (unpaired) electrons. The van der Waals surface area contributed by atoms with Crippen LogP contribution in [0.2, 0.25) is 0 Å². The number of rotatable bonds is 8. The Kier molecular flexibility index (Phi) is 9.71. The average Bonchev–Trinajstić information content (AvgIpc) is 2.39. The first-order chi connectivity index (χ1) is 8.36. The summed E-state index contributed by atoms with van der Waals surface area (Å²) in [5.41, 5.74) is 1.42. The lowest BCUT2D eigenvalue weighted by Gasteiger charge is -2.22. The number of unbranched alkanes of at least 4 members (excludes halogenated alkanes) is 2. The summed E-state index contributed by atoms with van der Waals surface area (Å²) in [7, 11) is 0. The molecule has 1 unspecified atom stereocenters. The molecule has 0 bridgehead atoms. The Morgan fingerprint density at radius 3 is 2.71 bits per heavy atom. The summed E-state index contributed by atoms with van der Waals surface area (Å²) in [6.07, 6.45) is 9.32. The molecule has 0 saturated carbocycles. The van der Waals surface area contributed by atoms with Crippen molar-refractivity contribution >= 4 is 31.9 Å². The number of allylic oxidation sites excluding steroid dienone is 2. The van der Waals surface area contributed by atoms with Crippen molar-refractivity contribution in [1.29, 1.82) is 0 Å². The van der Waals surface area contributed by atoms with Gasteiger partial charge in [0.05, 0.1) is 0 Å². The van der Waals surface area contributed by atoms with E-state index < -0.39 is 0 Å². The van der Waals surface area contributed by atoms with E-state index in [1.54, 1.807) is 0 Å². The van der Waals surface area contributed by atoms with Gasteiger partial charge in [0.15, 0.2) is 6.29 Å². The summed E-state index contributed by atoms with van der Waals surface area (Å²) in [4.78, 5) is 0. The van der Waals surface area contributed by atoms with Crippen molar-refractivity contribution in [2.75, 3.05) is 23.9 Å². The largest absolute Gasteiger partial charge is 0.353 e. The Balaban J connectivity index is 1.95. The minimum atomic E-state index is 0.0694. The monoisotopic (exact) mass is 368 g/mol. The highest BCUT2D eigenvalue weighted by Gasteiger charge is 2.12. The Labute approximate surface area is 121 Å². The molecule has 0 amide bonds. The fraction of sp³-hybridized carbons (Fsp3) is 0.846. The molecule has 0 aliphatic carbocycles. The van der Waals surface area contributed by atoms with Crippen molar-refractivity contribution in [2.45, 2.75) is 44.8 Å². The minimum Gasteiger partial charge on any atom is -0.353 e. The molecular formula is C13H22Br2O2. The minimum absolute atomic E-state index is 0.0694. The smallest absolute Gasteiger partial charge is 0.157 e. The number of alkyl halides is 2. The second-order valence-corrected chi connectivity index (χ2v) is 5.41. The van der Waals surface area contributed by atoms with Crippen LogP contribution in [-0.2, 0) is 9.47 Å². The number of ether oxygens (including phenoxy) is 2. The topological polar surface area (TPSA) is 18.5 Å². The van der Waals surface area contributed by atoms with Gasteiger partial charge < -0.3 is 9.47 Å². The molecule has 1 atom stereocenters. The average molecular weight is 370 g/mol. The maximum atomic E-state index is 5.68. The maximum Gasteiger partial charge on any atom is 0.157 e. The highest BCUT2D eigenvalue weighted by Crippen LogP contribution is 2.14. The molecule has 100 valence electrons. The van der Waals surface area contributed by atoms with Crippen LogP contribution in [0.5, 0.6) is 0 Å². The van der Waals surface area contributed by atoms with Crippen molar-refractivity contribution in [3.8, 4) is 0 Å². The first-order valence-corrected chi connectivity index (χ1v) is 8.64. The van der Waals surface area contributed by atoms with E-state index in [0.717, 1.165) is 43.1 Å². The van der Waals surface area contributed by atoms with Gasteiger partial charge in [-0.3, -0.25) is 0 Å². The van der Waals surface area contributed by atoms with Crippen LogP contribution in [0.4, 0.5) is 0 Å². The highest BCUT2D eigenvalue weighted by atomic mass is 79.9. The molecular weight excluding hydrogens is 348 g/mol. The van der Waals surface area contributed by atoms with Gasteiger partial charge in [0.1, 0.15) is 0 Å². The molecule has 0 N–H and O–H groups in total. The van der Waals surface area contributed by atoms with Gasteiger partial charge in [-0.2, -0.15) is 0 Å². The van der Waals surface area contributed by atoms with Gasteiger partial charge >= 0.3 is 0 Å². The second kappa shape index (κ2) is 10.5. The van der Waals surface area contributed by atoms with Crippen LogP contribution in [0.25, 0.3) is 0 Å². The molecule has 0 aromatic heterocycles. The van der Waals surface area contributed by atoms with E-state index in [9.17, 15) is 0 Å². The van der Waals surface area contributed by atoms with Crippen LogP contribution >= 0.6 is 31.9 Å². The Morgan fingerprint density at radius 2 is 2.06 bits per heavy atom. The normalized spacial score (nSPS) is 20.2. The van der Waals surface area contributed by atoms with Crippen LogP contribution in [0, 0.1) is 0 Å². The van der Waals surface area contributed by atoms with Crippen LogP contribution in [0.1, 0.15) is 38.5 Å². The van der Waals surface area contributed by atoms with Gasteiger partial charge in [0.25, 0.3) is 0 Å². The van der Waals surface area contributed by atoms with Crippen molar-refractivity contribution in [3.05, 3.63) is 11.6 Å². The predicted octanol–water partition coefficient (Wildman–Crippen LogP) is 4.42. The van der Waals surface area contributed by atoms with Gasteiger partial charge in [-0.25, -0.2) is 0 Å². The zero-order valence-electron chi connectivity index (χ0n) is 10.3. The summed E-state index contributed by atoms with van der Waals surface area (Å²) >= 11 is 6.94. The molecule has 0 aromatic carbocycles. The fourth-order valence-corrected chi connectivity index (χ4v) is 3.14. The summed E-state index contributed by atoms with van der Waals surface area (Å²) < 4.78 is 11.2. The van der Waals surface area contributed by atoms with E-state index in [4.69, 9.17) is 9.47 Å². The van der Waals surface area contributed by atoms with Crippen LogP contribution in [0.3, 0.4) is 0 Å². The van der Waals surface area contributed by atoms with Gasteiger partial charge in [0, 0.05) is 23.9 Å². The third-order valence-electron chi connectivity index (χ3n) is 2.82. The van der Waals surface area contributed by atoms with E-state index in [1.807, 2.05) is 0 Å². The van der Waals surface area contributed by atoms with Crippen LogP contribution in [-0.4, -0.2) is 30.2 Å². The van der Waals surface area contributed by atoms with Crippen molar-refractivity contribution in [3.63, 3.8) is 0 Å². The summed E-state index contributed by atoms with van der Waals surface area (Å²) in [6, 6.07) is 0. The lowest BCUT2D eigenvalue weighted by molar-refractivity contribution is -0.162. The van der Waals surface area contributed by atoms with Crippen molar-refractivity contribution in [2.24, 2.45) is 0 Å². The van der Waals surface area contributed by atoms with E-state index in [1.165, 1.54) is 24.8 Å². The zero-order chi connectivity index (χ0) is 12.3. The molecule has 1 saturated heterocycles. The third kappa shape index (κ3) is 7.60. The Morgan fingerprint density at radius 1 is 1.24 bits per heavy atom.